The van der Waals surface area contributed by atoms with Crippen LogP contribution in [0.1, 0.15) is 37.8 Å². The van der Waals surface area contributed by atoms with E-state index in [1.807, 2.05) is 12.1 Å². The van der Waals surface area contributed by atoms with E-state index in [-0.39, 0.29) is 0 Å². The standard InChI is InChI=1S/C17H20N2O2/c1-12(2)15-4-3-9-19(15)16-7-5-13(6-8-17(20)21)10-14(16)11-18/h5-8,10,12,15H,3-4,9H2,1-2H3,(H,20,21)/b8-6+. The molecule has 1 aromatic carbocycles. The lowest BCUT2D eigenvalue weighted by Gasteiger charge is -2.30. The van der Waals surface area contributed by atoms with Crippen molar-refractivity contribution < 1.29 is 9.90 Å². The minimum Gasteiger partial charge on any atom is -0.478 e. The molecule has 1 heterocycles. The van der Waals surface area contributed by atoms with Gasteiger partial charge in [-0.25, -0.2) is 4.79 Å². The fourth-order valence-corrected chi connectivity index (χ4v) is 2.95. The van der Waals surface area contributed by atoms with Gasteiger partial charge in [0.2, 0.25) is 0 Å². The van der Waals surface area contributed by atoms with Crippen LogP contribution in [0.5, 0.6) is 0 Å². The number of benzene rings is 1. The topological polar surface area (TPSA) is 64.3 Å². The number of anilines is 1. The lowest BCUT2D eigenvalue weighted by atomic mass is 10.0. The van der Waals surface area contributed by atoms with Gasteiger partial charge in [-0.15, -0.1) is 0 Å². The molecule has 4 nitrogen and oxygen atoms in total. The lowest BCUT2D eigenvalue weighted by Crippen LogP contribution is -2.33. The van der Waals surface area contributed by atoms with Crippen LogP contribution in [0.2, 0.25) is 0 Å². The molecule has 0 saturated carbocycles. The Morgan fingerprint density at radius 2 is 2.29 bits per heavy atom. The summed E-state index contributed by atoms with van der Waals surface area (Å²) in [7, 11) is 0. The first-order valence-corrected chi connectivity index (χ1v) is 7.24. The fraction of sp³-hybridized carbons (Fsp3) is 0.412. The zero-order valence-electron chi connectivity index (χ0n) is 12.4. The van der Waals surface area contributed by atoms with Crippen molar-refractivity contribution in [3.8, 4) is 6.07 Å². The Kier molecular flexibility index (Phi) is 4.64. The van der Waals surface area contributed by atoms with Crippen LogP contribution in [-0.4, -0.2) is 23.7 Å². The molecule has 1 fully saturated rings. The quantitative estimate of drug-likeness (QED) is 0.862. The molecule has 1 N–H and O–H groups in total. The minimum absolute atomic E-state index is 0.470. The van der Waals surface area contributed by atoms with Crippen LogP contribution in [-0.2, 0) is 4.79 Å². The number of nitrogens with zero attached hydrogens (tertiary/aromatic N) is 2. The Balaban J connectivity index is 2.33. The summed E-state index contributed by atoms with van der Waals surface area (Å²) in [5, 5.41) is 18.1. The average molecular weight is 284 g/mol. The summed E-state index contributed by atoms with van der Waals surface area (Å²) in [5.41, 5.74) is 2.30. The molecular weight excluding hydrogens is 264 g/mol. The summed E-state index contributed by atoms with van der Waals surface area (Å²) in [5.74, 6) is -0.442. The van der Waals surface area contributed by atoms with Gasteiger partial charge in [0, 0.05) is 18.7 Å². The molecule has 4 heteroatoms. The number of hydrogen-bond acceptors (Lipinski definition) is 3. The van der Waals surface area contributed by atoms with E-state index in [1.54, 1.807) is 6.07 Å². The van der Waals surface area contributed by atoms with Crippen LogP contribution < -0.4 is 4.90 Å². The Morgan fingerprint density at radius 3 is 2.90 bits per heavy atom. The predicted octanol–water partition coefficient (Wildman–Crippen LogP) is 3.28. The summed E-state index contributed by atoms with van der Waals surface area (Å²) in [6.45, 7) is 5.39. The number of aliphatic carboxylic acids is 1. The van der Waals surface area contributed by atoms with Crippen molar-refractivity contribution in [2.45, 2.75) is 32.7 Å². The van der Waals surface area contributed by atoms with Crippen LogP contribution in [0, 0.1) is 17.2 Å². The molecule has 110 valence electrons. The number of nitriles is 1. The van der Waals surface area contributed by atoms with E-state index >= 15 is 0 Å². The van der Waals surface area contributed by atoms with Crippen LogP contribution >= 0.6 is 0 Å². The number of carboxylic acids is 1. The van der Waals surface area contributed by atoms with Gasteiger partial charge in [0.15, 0.2) is 0 Å². The third-order valence-electron chi connectivity index (χ3n) is 3.94. The Labute approximate surface area is 125 Å². The zero-order valence-corrected chi connectivity index (χ0v) is 12.4. The van der Waals surface area contributed by atoms with Crippen molar-refractivity contribution in [3.05, 3.63) is 35.4 Å². The Morgan fingerprint density at radius 1 is 1.52 bits per heavy atom. The molecule has 0 spiro atoms. The van der Waals surface area contributed by atoms with Gasteiger partial charge in [-0.3, -0.25) is 0 Å². The van der Waals surface area contributed by atoms with Crippen molar-refractivity contribution in [1.29, 1.82) is 5.26 Å². The van der Waals surface area contributed by atoms with E-state index in [0.29, 0.717) is 17.5 Å². The third kappa shape index (κ3) is 3.43. The number of rotatable bonds is 4. The lowest BCUT2D eigenvalue weighted by molar-refractivity contribution is -0.131. The van der Waals surface area contributed by atoms with Crippen LogP contribution in [0.25, 0.3) is 6.08 Å². The van der Waals surface area contributed by atoms with Gasteiger partial charge in [0.1, 0.15) is 6.07 Å². The fourth-order valence-electron chi connectivity index (χ4n) is 2.95. The second-order valence-corrected chi connectivity index (χ2v) is 5.71. The molecule has 2 rings (SSSR count). The summed E-state index contributed by atoms with van der Waals surface area (Å²) in [6.07, 6.45) is 4.90. The molecule has 1 aromatic rings. The predicted molar refractivity (Wildman–Crippen MR) is 83.0 cm³/mol. The van der Waals surface area contributed by atoms with Gasteiger partial charge >= 0.3 is 5.97 Å². The molecule has 1 atom stereocenters. The summed E-state index contributed by atoms with van der Waals surface area (Å²) in [4.78, 5) is 12.9. The van der Waals surface area contributed by atoms with Crippen LogP contribution in [0.15, 0.2) is 24.3 Å². The van der Waals surface area contributed by atoms with E-state index in [1.165, 1.54) is 6.08 Å². The normalized spacial score (nSPS) is 18.4. The maximum Gasteiger partial charge on any atom is 0.328 e. The van der Waals surface area contributed by atoms with Crippen molar-refractivity contribution in [3.63, 3.8) is 0 Å². The summed E-state index contributed by atoms with van der Waals surface area (Å²) in [6, 6.07) is 8.26. The Bertz CT molecular complexity index is 599. The molecule has 1 aliphatic heterocycles. The van der Waals surface area contributed by atoms with Gasteiger partial charge in [0.25, 0.3) is 0 Å². The molecule has 0 aromatic heterocycles. The SMILES string of the molecule is CC(C)C1CCCN1c1ccc(/C=C/C(=O)O)cc1C#N. The first-order chi connectivity index (χ1) is 10.0. The van der Waals surface area contributed by atoms with Crippen molar-refractivity contribution in [2.24, 2.45) is 5.92 Å². The zero-order chi connectivity index (χ0) is 15.4. The molecule has 1 unspecified atom stereocenters. The van der Waals surface area contributed by atoms with Crippen LogP contribution in [0.4, 0.5) is 5.69 Å². The molecular formula is C17H20N2O2. The molecule has 0 aliphatic carbocycles. The molecule has 1 saturated heterocycles. The van der Waals surface area contributed by atoms with E-state index < -0.39 is 5.97 Å². The monoisotopic (exact) mass is 284 g/mol. The highest BCUT2D eigenvalue weighted by atomic mass is 16.4. The second-order valence-electron chi connectivity index (χ2n) is 5.71. The minimum atomic E-state index is -0.989. The highest BCUT2D eigenvalue weighted by molar-refractivity contribution is 5.85. The van der Waals surface area contributed by atoms with E-state index in [2.05, 4.69) is 24.8 Å². The average Bonchev–Trinajstić information content (AvgIpc) is 2.94. The highest BCUT2D eigenvalue weighted by Gasteiger charge is 2.28. The highest BCUT2D eigenvalue weighted by Crippen LogP contribution is 2.32. The van der Waals surface area contributed by atoms with Crippen LogP contribution in [0.3, 0.4) is 0 Å². The van der Waals surface area contributed by atoms with E-state index in [4.69, 9.17) is 5.11 Å². The van der Waals surface area contributed by atoms with Gasteiger partial charge < -0.3 is 10.0 Å². The van der Waals surface area contributed by atoms with Crippen molar-refractivity contribution >= 4 is 17.7 Å². The summed E-state index contributed by atoms with van der Waals surface area (Å²) >= 11 is 0. The summed E-state index contributed by atoms with van der Waals surface area (Å²) < 4.78 is 0. The second kappa shape index (κ2) is 6.45. The van der Waals surface area contributed by atoms with Gasteiger partial charge in [-0.05, 0) is 42.5 Å². The number of carbonyl (C=O) groups is 1. The smallest absolute Gasteiger partial charge is 0.328 e. The van der Waals surface area contributed by atoms with Gasteiger partial charge in [-0.1, -0.05) is 19.9 Å². The van der Waals surface area contributed by atoms with E-state index in [0.717, 1.165) is 36.7 Å². The first-order valence-electron chi connectivity index (χ1n) is 7.24. The maximum absolute atomic E-state index is 10.6. The molecule has 0 amide bonds. The van der Waals surface area contributed by atoms with Gasteiger partial charge in [0.05, 0.1) is 11.3 Å². The van der Waals surface area contributed by atoms with E-state index in [9.17, 15) is 10.1 Å². The van der Waals surface area contributed by atoms with Gasteiger partial charge in [-0.2, -0.15) is 5.26 Å². The molecule has 0 bridgehead atoms. The third-order valence-corrected chi connectivity index (χ3v) is 3.94. The molecule has 0 radical (unpaired) electrons. The largest absolute Gasteiger partial charge is 0.478 e. The molecule has 21 heavy (non-hydrogen) atoms. The molecule has 1 aliphatic rings. The first kappa shape index (κ1) is 15.1. The number of hydrogen-bond donors (Lipinski definition) is 1. The van der Waals surface area contributed by atoms with Crippen molar-refractivity contribution in [1.82, 2.24) is 0 Å². The number of carboxylic acid groups (broad SMARTS) is 1. The maximum atomic E-state index is 10.6. The Hall–Kier alpha value is -2.28. The van der Waals surface area contributed by atoms with Crippen molar-refractivity contribution in [2.75, 3.05) is 11.4 Å².